The Kier molecular flexibility index (Phi) is 4.41. The molecule has 1 aromatic rings. The second-order valence-corrected chi connectivity index (χ2v) is 3.18. The molecule has 0 aromatic carbocycles. The fraction of sp³-hybridized carbons (Fsp3) is 0.667. The van der Waals surface area contributed by atoms with Gasteiger partial charge in [-0.3, -0.25) is 0 Å². The van der Waals surface area contributed by atoms with Crippen molar-refractivity contribution in [1.29, 1.82) is 0 Å². The summed E-state index contributed by atoms with van der Waals surface area (Å²) in [5, 5.41) is 0. The zero-order chi connectivity index (χ0) is 13.0. The Morgan fingerprint density at radius 3 is 1.65 bits per heavy atom. The van der Waals surface area contributed by atoms with E-state index in [9.17, 15) is 14.4 Å². The molecule has 1 aromatic heterocycles. The molecule has 17 heavy (non-hydrogen) atoms. The maximum atomic E-state index is 11.8. The van der Waals surface area contributed by atoms with Crippen molar-refractivity contribution in [3.8, 4) is 0 Å². The molecule has 0 aliphatic rings. The highest BCUT2D eigenvalue weighted by Crippen LogP contribution is 1.79. The summed E-state index contributed by atoms with van der Waals surface area (Å²) >= 11 is 0. The van der Waals surface area contributed by atoms with Crippen LogP contribution in [0.3, 0.4) is 0 Å². The fourth-order valence-electron chi connectivity index (χ4n) is 1.44. The van der Waals surface area contributed by atoms with Gasteiger partial charge in [0.05, 0.1) is 7.11 Å². The highest BCUT2D eigenvalue weighted by Gasteiger charge is 2.13. The molecule has 0 saturated heterocycles. The van der Waals surface area contributed by atoms with Crippen molar-refractivity contribution in [2.75, 3.05) is 7.11 Å². The molecule has 0 aliphatic heterocycles. The van der Waals surface area contributed by atoms with Crippen molar-refractivity contribution in [3.63, 3.8) is 0 Å². The van der Waals surface area contributed by atoms with E-state index in [1.54, 1.807) is 13.8 Å². The quantitative estimate of drug-likeness (QED) is 0.478. The van der Waals surface area contributed by atoms with Crippen LogP contribution in [0.25, 0.3) is 0 Å². The molecule has 0 fully saturated rings. The van der Waals surface area contributed by atoms with E-state index in [4.69, 9.17) is 0 Å². The van der Waals surface area contributed by atoms with Crippen molar-refractivity contribution in [1.82, 2.24) is 13.7 Å². The van der Waals surface area contributed by atoms with Gasteiger partial charge in [-0.2, -0.15) is 0 Å². The Morgan fingerprint density at radius 1 is 0.882 bits per heavy atom. The van der Waals surface area contributed by atoms with Gasteiger partial charge in [-0.05, 0) is 13.8 Å². The van der Waals surface area contributed by atoms with Gasteiger partial charge in [0.25, 0.3) is 0 Å². The third kappa shape index (κ3) is 2.37. The molecule has 8 nitrogen and oxygen atoms in total. The fourth-order valence-corrected chi connectivity index (χ4v) is 1.44. The van der Waals surface area contributed by atoms with Crippen LogP contribution in [-0.2, 0) is 29.6 Å². The van der Waals surface area contributed by atoms with Crippen molar-refractivity contribution in [3.05, 3.63) is 31.5 Å². The van der Waals surface area contributed by atoms with Crippen molar-refractivity contribution in [2.24, 2.45) is 0 Å². The Balaban J connectivity index is 3.55. The topological polar surface area (TPSA) is 84.5 Å². The molecule has 0 radical (unpaired) electrons. The van der Waals surface area contributed by atoms with Crippen LogP contribution >= 0.6 is 0 Å². The van der Waals surface area contributed by atoms with Gasteiger partial charge in [-0.25, -0.2) is 37.9 Å². The van der Waals surface area contributed by atoms with Gasteiger partial charge in [-0.15, -0.1) is 0 Å². The molecular weight excluding hydrogens is 230 g/mol. The molecule has 0 saturated carbocycles. The Hall–Kier alpha value is -1.67. The molecule has 0 aliphatic carbocycles. The van der Waals surface area contributed by atoms with Gasteiger partial charge in [0.2, 0.25) is 0 Å². The third-order valence-electron chi connectivity index (χ3n) is 2.32. The summed E-state index contributed by atoms with van der Waals surface area (Å²) in [6.07, 6.45) is 0. The maximum Gasteiger partial charge on any atom is 0.338 e. The number of nitrogens with zero attached hydrogens (tertiary/aromatic N) is 3. The molecule has 0 atom stereocenters. The van der Waals surface area contributed by atoms with Crippen LogP contribution in [0.5, 0.6) is 0 Å². The molecule has 0 unspecified atom stereocenters. The van der Waals surface area contributed by atoms with Crippen molar-refractivity contribution < 1.29 is 9.78 Å². The van der Waals surface area contributed by atoms with Crippen LogP contribution < -0.4 is 17.1 Å². The Labute approximate surface area is 96.6 Å². The standard InChI is InChI=1S/C9H15N3O5/c1-4-10-7(13)11(5-2)9(15)12(8(10)14)6-17-16-3/h4-6H2,1-3H3. The largest absolute Gasteiger partial charge is 0.338 e. The molecule has 96 valence electrons. The first-order valence-corrected chi connectivity index (χ1v) is 5.18. The summed E-state index contributed by atoms with van der Waals surface area (Å²) in [4.78, 5) is 44.2. The van der Waals surface area contributed by atoms with Gasteiger partial charge in [0, 0.05) is 13.1 Å². The van der Waals surface area contributed by atoms with E-state index in [1.807, 2.05) is 0 Å². The zero-order valence-corrected chi connectivity index (χ0v) is 10.0. The monoisotopic (exact) mass is 245 g/mol. The second kappa shape index (κ2) is 5.60. The van der Waals surface area contributed by atoms with Crippen LogP contribution in [0, 0.1) is 0 Å². The number of aromatic nitrogens is 3. The highest BCUT2D eigenvalue weighted by molar-refractivity contribution is 4.77. The first-order valence-electron chi connectivity index (χ1n) is 5.18. The Bertz CT molecular complexity index is 511. The van der Waals surface area contributed by atoms with Gasteiger partial charge >= 0.3 is 17.1 Å². The van der Waals surface area contributed by atoms with Crippen LogP contribution in [0.2, 0.25) is 0 Å². The lowest BCUT2D eigenvalue weighted by molar-refractivity contribution is -0.298. The molecule has 1 rings (SSSR count). The van der Waals surface area contributed by atoms with E-state index in [2.05, 4.69) is 9.78 Å². The predicted molar refractivity (Wildman–Crippen MR) is 58.7 cm³/mol. The summed E-state index contributed by atoms with van der Waals surface area (Å²) in [6.45, 7) is 3.31. The normalized spacial score (nSPS) is 10.8. The number of hydrogen-bond acceptors (Lipinski definition) is 5. The SMILES string of the molecule is CCn1c(=O)n(CC)c(=O)n(COOC)c1=O. The summed E-state index contributed by atoms with van der Waals surface area (Å²) in [6, 6.07) is 0. The van der Waals surface area contributed by atoms with E-state index in [0.717, 1.165) is 13.7 Å². The van der Waals surface area contributed by atoms with E-state index in [0.29, 0.717) is 0 Å². The van der Waals surface area contributed by atoms with E-state index in [-0.39, 0.29) is 19.8 Å². The minimum absolute atomic E-state index is 0.185. The molecule has 0 amide bonds. The van der Waals surface area contributed by atoms with E-state index in [1.165, 1.54) is 7.11 Å². The van der Waals surface area contributed by atoms with Crippen LogP contribution in [-0.4, -0.2) is 20.8 Å². The first-order chi connectivity index (χ1) is 8.08. The lowest BCUT2D eigenvalue weighted by Gasteiger charge is -2.10. The zero-order valence-electron chi connectivity index (χ0n) is 10.0. The van der Waals surface area contributed by atoms with Gasteiger partial charge in [0.1, 0.15) is 0 Å². The average molecular weight is 245 g/mol. The van der Waals surface area contributed by atoms with Crippen LogP contribution in [0.1, 0.15) is 13.8 Å². The molecule has 8 heteroatoms. The maximum absolute atomic E-state index is 11.8. The summed E-state index contributed by atoms with van der Waals surface area (Å²) < 4.78 is 2.73. The molecular formula is C9H15N3O5. The average Bonchev–Trinajstić information content (AvgIpc) is 2.30. The van der Waals surface area contributed by atoms with E-state index >= 15 is 0 Å². The number of rotatable bonds is 5. The van der Waals surface area contributed by atoms with Crippen LogP contribution in [0.15, 0.2) is 14.4 Å². The smallest absolute Gasteiger partial charge is 0.247 e. The lowest BCUT2D eigenvalue weighted by Crippen LogP contribution is -2.54. The summed E-state index contributed by atoms with van der Waals surface area (Å²) in [5.41, 5.74) is -2.02. The van der Waals surface area contributed by atoms with Gasteiger partial charge in [0.15, 0.2) is 6.73 Å². The van der Waals surface area contributed by atoms with Crippen molar-refractivity contribution >= 4 is 0 Å². The van der Waals surface area contributed by atoms with Crippen LogP contribution in [0.4, 0.5) is 0 Å². The summed E-state index contributed by atoms with van der Waals surface area (Å²) in [5.74, 6) is 0. The molecule has 0 N–H and O–H groups in total. The highest BCUT2D eigenvalue weighted by atomic mass is 17.2. The summed E-state index contributed by atoms with van der Waals surface area (Å²) in [7, 11) is 1.26. The predicted octanol–water partition coefficient (Wildman–Crippen LogP) is -1.25. The van der Waals surface area contributed by atoms with E-state index < -0.39 is 17.1 Å². The third-order valence-corrected chi connectivity index (χ3v) is 2.32. The Morgan fingerprint density at radius 2 is 1.29 bits per heavy atom. The van der Waals surface area contributed by atoms with Crippen molar-refractivity contribution in [2.45, 2.75) is 33.7 Å². The molecule has 1 heterocycles. The molecule has 0 bridgehead atoms. The second-order valence-electron chi connectivity index (χ2n) is 3.18. The molecule has 0 spiro atoms. The van der Waals surface area contributed by atoms with Gasteiger partial charge in [-0.1, -0.05) is 0 Å². The van der Waals surface area contributed by atoms with Gasteiger partial charge < -0.3 is 0 Å². The first kappa shape index (κ1) is 13.4. The lowest BCUT2D eigenvalue weighted by atomic mass is 10.6. The minimum Gasteiger partial charge on any atom is -0.247 e. The number of hydrogen-bond donors (Lipinski definition) is 0. The minimum atomic E-state index is -0.704.